The number of carbonyl (C=O) groups excluding carboxylic acids is 1. The number of aromatic nitrogens is 2. The highest BCUT2D eigenvalue weighted by molar-refractivity contribution is 6.42. The maximum absolute atomic E-state index is 13.4. The first-order valence-electron chi connectivity index (χ1n) is 10.2. The number of hydrogen-bond acceptors (Lipinski definition) is 5. The Morgan fingerprint density at radius 3 is 2.70 bits per heavy atom. The van der Waals surface area contributed by atoms with Gasteiger partial charge in [-0.15, -0.1) is 0 Å². The number of benzene rings is 1. The zero-order valence-corrected chi connectivity index (χ0v) is 18.2. The topological polar surface area (TPSA) is 62.5 Å². The van der Waals surface area contributed by atoms with Gasteiger partial charge in [0.1, 0.15) is 0 Å². The Morgan fingerprint density at radius 2 is 1.97 bits per heavy atom. The minimum Gasteiger partial charge on any atom is -0.336 e. The van der Waals surface area contributed by atoms with Gasteiger partial charge in [-0.2, -0.15) is 0 Å². The van der Waals surface area contributed by atoms with Crippen molar-refractivity contribution >= 4 is 40.2 Å². The molecular weight excluding hydrogens is 423 g/mol. The number of pyridine rings is 1. The van der Waals surface area contributed by atoms with Gasteiger partial charge in [0.15, 0.2) is 0 Å². The maximum Gasteiger partial charge on any atom is 0.259 e. The first-order chi connectivity index (χ1) is 14.5. The molecule has 1 aromatic carbocycles. The van der Waals surface area contributed by atoms with Crippen molar-refractivity contribution in [1.82, 2.24) is 19.9 Å². The van der Waals surface area contributed by atoms with Crippen molar-refractivity contribution in [2.45, 2.75) is 32.2 Å². The summed E-state index contributed by atoms with van der Waals surface area (Å²) in [6, 6.07) is 7.65. The summed E-state index contributed by atoms with van der Waals surface area (Å²) < 4.78 is 5.39. The predicted molar refractivity (Wildman–Crippen MR) is 116 cm³/mol. The van der Waals surface area contributed by atoms with E-state index < -0.39 is 0 Å². The van der Waals surface area contributed by atoms with Gasteiger partial charge < -0.3 is 9.42 Å². The van der Waals surface area contributed by atoms with Crippen LogP contribution in [0.15, 0.2) is 28.8 Å². The number of piperazine rings is 1. The minimum absolute atomic E-state index is 0.0241. The van der Waals surface area contributed by atoms with Crippen LogP contribution in [-0.2, 0) is 6.54 Å². The van der Waals surface area contributed by atoms with Crippen LogP contribution in [0.4, 0.5) is 0 Å². The largest absolute Gasteiger partial charge is 0.336 e. The van der Waals surface area contributed by atoms with Crippen LogP contribution in [0, 0.1) is 6.92 Å². The smallest absolute Gasteiger partial charge is 0.259 e. The Labute approximate surface area is 184 Å². The molecule has 1 amide bonds. The lowest BCUT2D eigenvalue weighted by Crippen LogP contribution is -2.48. The highest BCUT2D eigenvalue weighted by Crippen LogP contribution is 2.40. The van der Waals surface area contributed by atoms with Crippen LogP contribution >= 0.6 is 23.2 Å². The normalized spacial score (nSPS) is 17.6. The zero-order valence-electron chi connectivity index (χ0n) is 16.7. The van der Waals surface area contributed by atoms with Crippen molar-refractivity contribution < 1.29 is 9.32 Å². The van der Waals surface area contributed by atoms with Crippen molar-refractivity contribution in [3.63, 3.8) is 0 Å². The van der Waals surface area contributed by atoms with Gasteiger partial charge in [0.25, 0.3) is 11.6 Å². The molecule has 3 aromatic rings. The third kappa shape index (κ3) is 3.68. The molecule has 1 saturated carbocycles. The molecule has 5 rings (SSSR count). The third-order valence-corrected chi connectivity index (χ3v) is 6.81. The van der Waals surface area contributed by atoms with Crippen LogP contribution in [0.2, 0.25) is 10.0 Å². The average Bonchev–Trinajstić information content (AvgIpc) is 3.54. The van der Waals surface area contributed by atoms with E-state index >= 15 is 0 Å². The molecule has 1 aliphatic carbocycles. The Kier molecular flexibility index (Phi) is 5.17. The summed E-state index contributed by atoms with van der Waals surface area (Å²) in [4.78, 5) is 22.2. The number of fused-ring (bicyclic) bond motifs is 1. The van der Waals surface area contributed by atoms with E-state index in [4.69, 9.17) is 27.7 Å². The van der Waals surface area contributed by atoms with Gasteiger partial charge in [-0.3, -0.25) is 9.69 Å². The number of halogens is 2. The zero-order chi connectivity index (χ0) is 20.8. The van der Waals surface area contributed by atoms with Crippen LogP contribution in [0.1, 0.15) is 46.1 Å². The van der Waals surface area contributed by atoms with E-state index in [-0.39, 0.29) is 5.91 Å². The number of nitrogens with zero attached hydrogens (tertiary/aromatic N) is 4. The van der Waals surface area contributed by atoms with E-state index in [1.807, 2.05) is 30.0 Å². The van der Waals surface area contributed by atoms with Crippen LogP contribution in [0.5, 0.6) is 0 Å². The van der Waals surface area contributed by atoms with Crippen molar-refractivity contribution in [3.8, 4) is 0 Å². The molecule has 156 valence electrons. The van der Waals surface area contributed by atoms with Gasteiger partial charge in [0.2, 0.25) is 0 Å². The highest BCUT2D eigenvalue weighted by Gasteiger charge is 2.31. The lowest BCUT2D eigenvalue weighted by atomic mass is 10.1. The molecule has 0 unspecified atom stereocenters. The van der Waals surface area contributed by atoms with Gasteiger partial charge in [-0.25, -0.2) is 4.98 Å². The molecule has 0 N–H and O–H groups in total. The minimum atomic E-state index is 0.0241. The van der Waals surface area contributed by atoms with Crippen molar-refractivity contribution in [1.29, 1.82) is 0 Å². The Balaban J connectivity index is 1.32. The summed E-state index contributed by atoms with van der Waals surface area (Å²) in [5.41, 5.74) is 3.78. The lowest BCUT2D eigenvalue weighted by molar-refractivity contribution is 0.0630. The number of carbonyl (C=O) groups is 1. The van der Waals surface area contributed by atoms with E-state index in [1.165, 1.54) is 0 Å². The Hall–Kier alpha value is -2.15. The van der Waals surface area contributed by atoms with E-state index in [1.54, 1.807) is 6.07 Å². The first kappa shape index (κ1) is 19.8. The highest BCUT2D eigenvalue weighted by atomic mass is 35.5. The van der Waals surface area contributed by atoms with Crippen molar-refractivity contribution in [2.24, 2.45) is 0 Å². The predicted octanol–water partition coefficient (Wildman–Crippen LogP) is 4.67. The third-order valence-electron chi connectivity index (χ3n) is 5.95. The summed E-state index contributed by atoms with van der Waals surface area (Å²) >= 11 is 12.5. The molecule has 0 bridgehead atoms. The van der Waals surface area contributed by atoms with Crippen molar-refractivity contribution in [2.75, 3.05) is 26.2 Å². The van der Waals surface area contributed by atoms with Crippen LogP contribution in [-0.4, -0.2) is 52.0 Å². The molecular formula is C22H22Cl2N4O2. The van der Waals surface area contributed by atoms with E-state index in [2.05, 4.69) is 15.0 Å². The second-order valence-corrected chi connectivity index (χ2v) is 8.88. The molecule has 1 saturated heterocycles. The summed E-state index contributed by atoms with van der Waals surface area (Å²) in [5, 5.41) is 5.95. The standard InChI is InChI=1S/C22H22Cl2N4O2/c1-13-19-16(11-18(14-5-6-14)25-21(19)30-26-13)22(29)28-9-7-27(8-10-28)12-15-3-2-4-17(23)20(15)24/h2-4,11,14H,5-10,12H2,1H3. The van der Waals surface area contributed by atoms with Gasteiger partial charge in [0.05, 0.1) is 26.7 Å². The SMILES string of the molecule is Cc1noc2nc(C3CC3)cc(C(=O)N3CCN(Cc4cccc(Cl)c4Cl)CC3)c12. The molecule has 0 spiro atoms. The van der Waals surface area contributed by atoms with E-state index in [0.717, 1.165) is 49.1 Å². The fourth-order valence-corrected chi connectivity index (χ4v) is 4.44. The lowest BCUT2D eigenvalue weighted by Gasteiger charge is -2.35. The Morgan fingerprint density at radius 1 is 1.20 bits per heavy atom. The maximum atomic E-state index is 13.4. The molecule has 2 aliphatic rings. The summed E-state index contributed by atoms with van der Waals surface area (Å²) in [5.74, 6) is 0.460. The fourth-order valence-electron chi connectivity index (χ4n) is 4.06. The summed E-state index contributed by atoms with van der Waals surface area (Å²) in [7, 11) is 0. The van der Waals surface area contributed by atoms with E-state index in [9.17, 15) is 4.79 Å². The second kappa shape index (κ2) is 7.84. The number of amides is 1. The van der Waals surface area contributed by atoms with Crippen LogP contribution in [0.25, 0.3) is 11.1 Å². The molecule has 2 fully saturated rings. The number of hydrogen-bond donors (Lipinski definition) is 0. The van der Waals surface area contributed by atoms with Gasteiger partial charge in [0, 0.05) is 44.3 Å². The van der Waals surface area contributed by atoms with Gasteiger partial charge in [-0.05, 0) is 37.5 Å². The molecule has 1 aliphatic heterocycles. The van der Waals surface area contributed by atoms with Gasteiger partial charge >= 0.3 is 0 Å². The monoisotopic (exact) mass is 444 g/mol. The summed E-state index contributed by atoms with van der Waals surface area (Å²) in [6.07, 6.45) is 2.23. The number of rotatable bonds is 4. The van der Waals surface area contributed by atoms with Crippen LogP contribution < -0.4 is 0 Å². The molecule has 0 atom stereocenters. The fraction of sp³-hybridized carbons (Fsp3) is 0.409. The Bertz CT molecular complexity index is 1120. The molecule has 0 radical (unpaired) electrons. The van der Waals surface area contributed by atoms with Crippen LogP contribution in [0.3, 0.4) is 0 Å². The van der Waals surface area contributed by atoms with Crippen molar-refractivity contribution in [3.05, 3.63) is 56.8 Å². The van der Waals surface area contributed by atoms with E-state index in [0.29, 0.717) is 46.0 Å². The average molecular weight is 445 g/mol. The number of aryl methyl sites for hydroxylation is 1. The molecule has 2 aromatic heterocycles. The quantitative estimate of drug-likeness (QED) is 0.584. The first-order valence-corrected chi connectivity index (χ1v) is 11.0. The van der Waals surface area contributed by atoms with Gasteiger partial charge in [-0.1, -0.05) is 40.5 Å². The summed E-state index contributed by atoms with van der Waals surface area (Å²) in [6.45, 7) is 5.45. The second-order valence-electron chi connectivity index (χ2n) is 8.10. The molecule has 30 heavy (non-hydrogen) atoms. The molecule has 3 heterocycles. The molecule has 6 nitrogen and oxygen atoms in total. The molecule has 8 heteroatoms.